The maximum absolute atomic E-state index is 14.0. The van der Waals surface area contributed by atoms with E-state index in [1.165, 1.54) is 6.92 Å². The van der Waals surface area contributed by atoms with Crippen molar-refractivity contribution >= 4 is 11.9 Å². The van der Waals surface area contributed by atoms with Crippen LogP contribution in [0.2, 0.25) is 0 Å². The largest absolute Gasteiger partial charge is 0.459 e. The van der Waals surface area contributed by atoms with Crippen molar-refractivity contribution in [3.05, 3.63) is 24.3 Å². The second-order valence-corrected chi connectivity index (χ2v) is 9.08. The SMILES string of the molecule is C=C(C)C(=O)OCC(C)(O)C(F)(F)C(O)(O)C(F)(F)F.C=C(C)C(=O)OCC1(C)OCOC(O)(C(F)(F)F)C1(F)F. The highest BCUT2D eigenvalue weighted by Crippen LogP contribution is 2.52. The molecule has 0 aliphatic carbocycles. The van der Waals surface area contributed by atoms with Gasteiger partial charge in [0.25, 0.3) is 0 Å². The number of ether oxygens (including phenoxy) is 4. The third kappa shape index (κ3) is 7.47. The van der Waals surface area contributed by atoms with Gasteiger partial charge in [-0.3, -0.25) is 0 Å². The Morgan fingerprint density at radius 2 is 1.29 bits per heavy atom. The number of esters is 2. The van der Waals surface area contributed by atoms with Gasteiger partial charge in [0.2, 0.25) is 0 Å². The maximum atomic E-state index is 14.0. The molecule has 1 rings (SSSR count). The zero-order chi connectivity index (χ0) is 33.3. The van der Waals surface area contributed by atoms with Crippen LogP contribution in [0.1, 0.15) is 27.7 Å². The van der Waals surface area contributed by atoms with Gasteiger partial charge in [-0.05, 0) is 27.7 Å². The first-order valence-corrected chi connectivity index (χ1v) is 10.6. The molecule has 0 bridgehead atoms. The molecule has 1 aliphatic heterocycles. The van der Waals surface area contributed by atoms with Crippen molar-refractivity contribution in [2.45, 2.75) is 74.7 Å². The van der Waals surface area contributed by atoms with Gasteiger partial charge < -0.3 is 39.4 Å². The molecule has 0 aromatic carbocycles. The van der Waals surface area contributed by atoms with Crippen LogP contribution >= 0.6 is 0 Å². The summed E-state index contributed by atoms with van der Waals surface area (Å²) in [6.45, 7) is 5.26. The fraction of sp³-hybridized carbons (Fsp3) is 0.714. The minimum Gasteiger partial charge on any atom is -0.459 e. The lowest BCUT2D eigenvalue weighted by molar-refractivity contribution is -0.501. The fourth-order valence-electron chi connectivity index (χ4n) is 2.48. The van der Waals surface area contributed by atoms with Crippen molar-refractivity contribution in [1.82, 2.24) is 0 Å². The topological polar surface area (TPSA) is 152 Å². The summed E-state index contributed by atoms with van der Waals surface area (Å²) in [5, 5.41) is 35.6. The number of carbonyl (C=O) groups excluding carboxylic acids is 2. The Bertz CT molecular complexity index is 1010. The van der Waals surface area contributed by atoms with Crippen molar-refractivity contribution in [2.24, 2.45) is 0 Å². The van der Waals surface area contributed by atoms with Crippen LogP contribution < -0.4 is 0 Å². The van der Waals surface area contributed by atoms with E-state index in [0.717, 1.165) is 6.92 Å². The molecule has 1 heterocycles. The molecule has 10 nitrogen and oxygen atoms in total. The van der Waals surface area contributed by atoms with Gasteiger partial charge in [0.15, 0.2) is 18.0 Å². The highest BCUT2D eigenvalue weighted by molar-refractivity contribution is 5.87. The smallest absolute Gasteiger partial charge is 0.449 e. The normalized spacial score (nSPS) is 24.7. The average molecular weight is 628 g/mol. The Morgan fingerprint density at radius 1 is 0.878 bits per heavy atom. The molecule has 4 N–H and O–H groups in total. The number of hydrogen-bond donors (Lipinski definition) is 4. The minimum atomic E-state index is -6.14. The molecule has 0 saturated carbocycles. The van der Waals surface area contributed by atoms with Crippen LogP contribution in [0.3, 0.4) is 0 Å². The summed E-state index contributed by atoms with van der Waals surface area (Å²) in [6, 6.07) is 0. The molecule has 240 valence electrons. The standard InChI is InChI=1S/C11H13F5O5.C10H13F5O5/c1-6(2)7(17)19-4-8(3)9(12,13)10(18,11(14,15)16)21-5-20-8;1-5(2)6(16)20-4-7(3,17)8(11,12)9(18,19)10(13,14)15/h18H,1,4-5H2,2-3H3;17-19H,1,4H2,2-3H3. The third-order valence-electron chi connectivity index (χ3n) is 5.29. The lowest BCUT2D eigenvalue weighted by Crippen LogP contribution is -2.74. The first-order chi connectivity index (χ1) is 17.9. The van der Waals surface area contributed by atoms with Gasteiger partial charge in [-0.1, -0.05) is 13.2 Å². The van der Waals surface area contributed by atoms with Crippen LogP contribution in [0.5, 0.6) is 0 Å². The summed E-state index contributed by atoms with van der Waals surface area (Å²) in [5.41, 5.74) is -7.00. The first-order valence-electron chi connectivity index (χ1n) is 10.6. The molecule has 20 heteroatoms. The van der Waals surface area contributed by atoms with Crippen molar-refractivity contribution in [3.8, 4) is 0 Å². The number of rotatable bonds is 8. The zero-order valence-corrected chi connectivity index (χ0v) is 21.6. The predicted molar refractivity (Wildman–Crippen MR) is 112 cm³/mol. The van der Waals surface area contributed by atoms with E-state index in [2.05, 4.69) is 32.1 Å². The van der Waals surface area contributed by atoms with E-state index in [4.69, 9.17) is 10.2 Å². The number of hydrogen-bond acceptors (Lipinski definition) is 10. The molecule has 0 spiro atoms. The zero-order valence-electron chi connectivity index (χ0n) is 21.6. The molecule has 0 radical (unpaired) electrons. The quantitative estimate of drug-likeness (QED) is 0.137. The summed E-state index contributed by atoms with van der Waals surface area (Å²) in [4.78, 5) is 22.1. The highest BCUT2D eigenvalue weighted by Gasteiger charge is 2.80. The van der Waals surface area contributed by atoms with E-state index in [0.29, 0.717) is 6.92 Å². The van der Waals surface area contributed by atoms with Crippen LogP contribution in [-0.2, 0) is 28.5 Å². The first kappa shape index (κ1) is 38.5. The van der Waals surface area contributed by atoms with E-state index in [-0.39, 0.29) is 18.1 Å². The number of halogens is 10. The Morgan fingerprint density at radius 3 is 1.66 bits per heavy atom. The van der Waals surface area contributed by atoms with Gasteiger partial charge in [0, 0.05) is 11.1 Å². The molecule has 1 aliphatic rings. The van der Waals surface area contributed by atoms with Crippen molar-refractivity contribution < 1.29 is 92.9 Å². The van der Waals surface area contributed by atoms with Gasteiger partial charge in [-0.15, -0.1) is 0 Å². The fourth-order valence-corrected chi connectivity index (χ4v) is 2.48. The Hall–Kier alpha value is -2.52. The van der Waals surface area contributed by atoms with Crippen LogP contribution in [-0.4, -0.2) is 99.3 Å². The maximum Gasteiger partial charge on any atom is 0.449 e. The van der Waals surface area contributed by atoms with Crippen molar-refractivity contribution in [3.63, 3.8) is 0 Å². The van der Waals surface area contributed by atoms with Crippen LogP contribution in [0, 0.1) is 0 Å². The predicted octanol–water partition coefficient (Wildman–Crippen LogP) is 2.49. The Balaban J connectivity index is 0.000000782. The minimum absolute atomic E-state index is 0.139. The van der Waals surface area contributed by atoms with Crippen LogP contribution in [0.25, 0.3) is 0 Å². The van der Waals surface area contributed by atoms with Gasteiger partial charge >= 0.3 is 47.7 Å². The Kier molecular flexibility index (Phi) is 11.3. The molecular formula is C21H26F10O10. The van der Waals surface area contributed by atoms with Crippen molar-refractivity contribution in [2.75, 3.05) is 20.0 Å². The molecular weight excluding hydrogens is 602 g/mol. The summed E-state index contributed by atoms with van der Waals surface area (Å²) in [7, 11) is 0. The molecule has 0 aromatic heterocycles. The van der Waals surface area contributed by atoms with Gasteiger partial charge in [0.05, 0.1) is 0 Å². The lowest BCUT2D eigenvalue weighted by Gasteiger charge is -2.48. The molecule has 41 heavy (non-hydrogen) atoms. The third-order valence-corrected chi connectivity index (χ3v) is 5.29. The van der Waals surface area contributed by atoms with Gasteiger partial charge in [-0.2, -0.15) is 43.9 Å². The molecule has 3 atom stereocenters. The molecule has 3 unspecified atom stereocenters. The second-order valence-electron chi connectivity index (χ2n) is 9.08. The number of alkyl halides is 10. The van der Waals surface area contributed by atoms with Gasteiger partial charge in [-0.25, -0.2) is 9.59 Å². The monoisotopic (exact) mass is 628 g/mol. The summed E-state index contributed by atoms with van der Waals surface area (Å²) >= 11 is 0. The van der Waals surface area contributed by atoms with E-state index >= 15 is 0 Å². The summed E-state index contributed by atoms with van der Waals surface area (Å²) in [5.74, 6) is -23.0. The number of aliphatic hydroxyl groups is 4. The van der Waals surface area contributed by atoms with E-state index in [1.54, 1.807) is 0 Å². The average Bonchev–Trinajstić information content (AvgIpc) is 2.78. The van der Waals surface area contributed by atoms with Crippen molar-refractivity contribution in [1.29, 1.82) is 0 Å². The summed E-state index contributed by atoms with van der Waals surface area (Å²) in [6.07, 6.45) is -11.9. The second kappa shape index (κ2) is 12.0. The van der Waals surface area contributed by atoms with E-state index in [9.17, 15) is 63.7 Å². The Labute approximate surface area is 224 Å². The number of carbonyl (C=O) groups is 2. The summed E-state index contributed by atoms with van der Waals surface area (Å²) < 4.78 is 146. The lowest BCUT2D eigenvalue weighted by atomic mass is 9.89. The van der Waals surface area contributed by atoms with Gasteiger partial charge in [0.1, 0.15) is 13.2 Å². The van der Waals surface area contributed by atoms with Crippen LogP contribution in [0.15, 0.2) is 24.3 Å². The van der Waals surface area contributed by atoms with E-state index < -0.39 is 78.9 Å². The van der Waals surface area contributed by atoms with Crippen LogP contribution in [0.4, 0.5) is 43.9 Å². The molecule has 0 amide bonds. The van der Waals surface area contributed by atoms with E-state index in [1.807, 2.05) is 0 Å². The molecule has 1 saturated heterocycles. The molecule has 1 fully saturated rings. The molecule has 0 aromatic rings. The highest BCUT2D eigenvalue weighted by atomic mass is 19.4.